The van der Waals surface area contributed by atoms with Gasteiger partial charge in [-0.25, -0.2) is 8.42 Å². The Labute approximate surface area is 114 Å². The SMILES string of the molecule is COCCCOCCOC(=O)C(N)CCS(C)(=O)=O. The van der Waals surface area contributed by atoms with Crippen molar-refractivity contribution in [3.63, 3.8) is 0 Å². The second-order valence-corrected chi connectivity index (χ2v) is 6.41. The topological polar surface area (TPSA) is 105 Å². The first-order valence-electron chi connectivity index (χ1n) is 6.03. The zero-order valence-corrected chi connectivity index (χ0v) is 12.3. The minimum atomic E-state index is -3.12. The zero-order chi connectivity index (χ0) is 14.7. The molecule has 19 heavy (non-hydrogen) atoms. The van der Waals surface area contributed by atoms with Gasteiger partial charge in [0.2, 0.25) is 0 Å². The van der Waals surface area contributed by atoms with Crippen LogP contribution in [0.3, 0.4) is 0 Å². The number of methoxy groups -OCH3 is 1. The van der Waals surface area contributed by atoms with Crippen molar-refractivity contribution < 1.29 is 27.4 Å². The van der Waals surface area contributed by atoms with E-state index in [1.54, 1.807) is 7.11 Å². The first-order chi connectivity index (χ1) is 8.87. The summed E-state index contributed by atoms with van der Waals surface area (Å²) >= 11 is 0. The summed E-state index contributed by atoms with van der Waals surface area (Å²) in [6.07, 6.45) is 1.93. The van der Waals surface area contributed by atoms with Crippen LogP contribution in [0.1, 0.15) is 12.8 Å². The third-order valence-corrected chi connectivity index (χ3v) is 3.19. The Balaban J connectivity index is 3.57. The molecular formula is C11H23NO6S. The molecule has 1 atom stereocenters. The first kappa shape index (κ1) is 18.3. The van der Waals surface area contributed by atoms with Crippen LogP contribution in [0.4, 0.5) is 0 Å². The van der Waals surface area contributed by atoms with Crippen LogP contribution in [0.5, 0.6) is 0 Å². The lowest BCUT2D eigenvalue weighted by atomic mass is 10.2. The standard InChI is InChI=1S/C11H23NO6S/c1-16-5-3-6-17-7-8-18-11(13)10(12)4-9-19(2,14)15/h10H,3-9,12H2,1-2H3. The van der Waals surface area contributed by atoms with Crippen LogP contribution in [0.2, 0.25) is 0 Å². The normalized spacial score (nSPS) is 13.2. The van der Waals surface area contributed by atoms with Gasteiger partial charge in [-0.05, 0) is 12.8 Å². The minimum Gasteiger partial charge on any atom is -0.462 e. The van der Waals surface area contributed by atoms with E-state index in [1.807, 2.05) is 0 Å². The van der Waals surface area contributed by atoms with E-state index in [0.717, 1.165) is 12.7 Å². The quantitative estimate of drug-likeness (QED) is 0.399. The highest BCUT2D eigenvalue weighted by Gasteiger charge is 2.17. The molecule has 2 N–H and O–H groups in total. The van der Waals surface area contributed by atoms with E-state index >= 15 is 0 Å². The van der Waals surface area contributed by atoms with Crippen molar-refractivity contribution in [1.82, 2.24) is 0 Å². The number of carbonyl (C=O) groups excluding carboxylic acids is 1. The molecule has 1 unspecified atom stereocenters. The Bertz CT molecular complexity index is 343. The molecule has 0 radical (unpaired) electrons. The Morgan fingerprint density at radius 2 is 1.89 bits per heavy atom. The molecule has 0 spiro atoms. The lowest BCUT2D eigenvalue weighted by Gasteiger charge is -2.11. The summed E-state index contributed by atoms with van der Waals surface area (Å²) < 4.78 is 36.7. The molecule has 114 valence electrons. The number of esters is 1. The summed E-state index contributed by atoms with van der Waals surface area (Å²) in [7, 11) is -1.50. The minimum absolute atomic E-state index is 0.0619. The van der Waals surface area contributed by atoms with Gasteiger partial charge in [-0.2, -0.15) is 0 Å². The summed E-state index contributed by atoms with van der Waals surface area (Å²) in [4.78, 5) is 11.4. The van der Waals surface area contributed by atoms with E-state index < -0.39 is 21.8 Å². The van der Waals surface area contributed by atoms with Crippen LogP contribution < -0.4 is 5.73 Å². The maximum atomic E-state index is 11.4. The van der Waals surface area contributed by atoms with Crippen LogP contribution in [0.25, 0.3) is 0 Å². The zero-order valence-electron chi connectivity index (χ0n) is 11.5. The number of ether oxygens (including phenoxy) is 3. The number of hydrogen-bond acceptors (Lipinski definition) is 7. The average molecular weight is 297 g/mol. The van der Waals surface area contributed by atoms with Crippen molar-refractivity contribution in [2.24, 2.45) is 5.73 Å². The molecule has 0 aliphatic rings. The Kier molecular flexibility index (Phi) is 9.76. The van der Waals surface area contributed by atoms with Gasteiger partial charge in [0.1, 0.15) is 22.5 Å². The van der Waals surface area contributed by atoms with E-state index in [0.29, 0.717) is 13.2 Å². The third kappa shape index (κ3) is 12.1. The van der Waals surface area contributed by atoms with Crippen molar-refractivity contribution in [1.29, 1.82) is 0 Å². The fourth-order valence-electron chi connectivity index (χ4n) is 1.17. The molecule has 0 aliphatic heterocycles. The van der Waals surface area contributed by atoms with Crippen LogP contribution in [0.15, 0.2) is 0 Å². The first-order valence-corrected chi connectivity index (χ1v) is 8.09. The molecule has 0 saturated heterocycles. The van der Waals surface area contributed by atoms with Crippen molar-refractivity contribution in [2.75, 3.05) is 45.5 Å². The molecule has 0 aliphatic carbocycles. The van der Waals surface area contributed by atoms with Gasteiger partial charge in [-0.3, -0.25) is 4.79 Å². The largest absolute Gasteiger partial charge is 0.462 e. The highest BCUT2D eigenvalue weighted by atomic mass is 32.2. The highest BCUT2D eigenvalue weighted by Crippen LogP contribution is 1.96. The smallest absolute Gasteiger partial charge is 0.323 e. The Morgan fingerprint density at radius 1 is 1.21 bits per heavy atom. The lowest BCUT2D eigenvalue weighted by Crippen LogP contribution is -2.34. The number of hydrogen-bond donors (Lipinski definition) is 1. The number of sulfone groups is 1. The third-order valence-electron chi connectivity index (χ3n) is 2.21. The predicted octanol–water partition coefficient (Wildman–Crippen LogP) is -0.655. The number of carbonyl (C=O) groups is 1. The molecule has 0 amide bonds. The van der Waals surface area contributed by atoms with Crippen molar-refractivity contribution in [2.45, 2.75) is 18.9 Å². The Hall–Kier alpha value is -0.700. The molecule has 0 rings (SSSR count). The summed E-state index contributed by atoms with van der Waals surface area (Å²) in [5, 5.41) is 0. The molecule has 7 nitrogen and oxygen atoms in total. The molecule has 0 heterocycles. The van der Waals surface area contributed by atoms with Gasteiger partial charge in [-0.1, -0.05) is 0 Å². The van der Waals surface area contributed by atoms with Crippen molar-refractivity contribution in [3.05, 3.63) is 0 Å². The maximum Gasteiger partial charge on any atom is 0.323 e. The predicted molar refractivity (Wildman–Crippen MR) is 70.6 cm³/mol. The van der Waals surface area contributed by atoms with E-state index in [9.17, 15) is 13.2 Å². The molecule has 0 fully saturated rings. The van der Waals surface area contributed by atoms with Gasteiger partial charge in [0.25, 0.3) is 0 Å². The molecule has 0 bridgehead atoms. The van der Waals surface area contributed by atoms with Gasteiger partial charge < -0.3 is 19.9 Å². The van der Waals surface area contributed by atoms with E-state index in [4.69, 9.17) is 19.9 Å². The van der Waals surface area contributed by atoms with Crippen LogP contribution in [-0.2, 0) is 28.8 Å². The van der Waals surface area contributed by atoms with Crippen LogP contribution in [0, 0.1) is 0 Å². The van der Waals surface area contributed by atoms with E-state index in [1.165, 1.54) is 0 Å². The van der Waals surface area contributed by atoms with E-state index in [-0.39, 0.29) is 25.4 Å². The molecule has 0 aromatic carbocycles. The number of rotatable bonds is 11. The van der Waals surface area contributed by atoms with Crippen molar-refractivity contribution in [3.8, 4) is 0 Å². The summed E-state index contributed by atoms with van der Waals surface area (Å²) in [5.41, 5.74) is 5.51. The molecule has 0 aromatic heterocycles. The molecule has 8 heteroatoms. The second-order valence-electron chi connectivity index (χ2n) is 4.15. The monoisotopic (exact) mass is 297 g/mol. The summed E-state index contributed by atoms with van der Waals surface area (Å²) in [5.74, 6) is -0.735. The van der Waals surface area contributed by atoms with Crippen LogP contribution in [-0.4, -0.2) is 66.0 Å². The lowest BCUT2D eigenvalue weighted by molar-refractivity contribution is -0.146. The van der Waals surface area contributed by atoms with Crippen molar-refractivity contribution >= 4 is 15.8 Å². The molecular weight excluding hydrogens is 274 g/mol. The fraction of sp³-hybridized carbons (Fsp3) is 0.909. The average Bonchev–Trinajstić information content (AvgIpc) is 2.33. The maximum absolute atomic E-state index is 11.4. The highest BCUT2D eigenvalue weighted by molar-refractivity contribution is 7.90. The second kappa shape index (κ2) is 10.1. The van der Waals surface area contributed by atoms with Gasteiger partial charge >= 0.3 is 5.97 Å². The molecule has 0 aromatic rings. The molecule has 0 saturated carbocycles. The fourth-order valence-corrected chi connectivity index (χ4v) is 1.86. The number of nitrogens with two attached hydrogens (primary N) is 1. The van der Waals surface area contributed by atoms with Crippen LogP contribution >= 0.6 is 0 Å². The van der Waals surface area contributed by atoms with E-state index in [2.05, 4.69) is 0 Å². The summed E-state index contributed by atoms with van der Waals surface area (Å²) in [6, 6.07) is -0.914. The van der Waals surface area contributed by atoms with Gasteiger partial charge in [0.05, 0.1) is 12.4 Å². The van der Waals surface area contributed by atoms with Gasteiger partial charge in [-0.15, -0.1) is 0 Å². The van der Waals surface area contributed by atoms with Gasteiger partial charge in [0, 0.05) is 26.6 Å². The Morgan fingerprint density at radius 3 is 2.47 bits per heavy atom. The van der Waals surface area contributed by atoms with Gasteiger partial charge in [0.15, 0.2) is 0 Å². The summed E-state index contributed by atoms with van der Waals surface area (Å²) in [6.45, 7) is 1.55.